The van der Waals surface area contributed by atoms with Gasteiger partial charge in [0.2, 0.25) is 0 Å². The Morgan fingerprint density at radius 2 is 1.63 bits per heavy atom. The normalized spacial score (nSPS) is 30.7. The molecule has 1 aliphatic heterocycles. The van der Waals surface area contributed by atoms with Gasteiger partial charge in [-0.25, -0.2) is 0 Å². The number of aliphatic hydroxyl groups excluding tert-OH is 1. The number of cyclic esters (lactones) is 3. The Hall–Kier alpha value is -2.15. The van der Waals surface area contributed by atoms with Crippen LogP contribution in [0.4, 0.5) is 0 Å². The van der Waals surface area contributed by atoms with Crippen molar-refractivity contribution >= 4 is 37.3 Å². The molecule has 0 aromatic heterocycles. The van der Waals surface area contributed by atoms with Crippen LogP contribution in [0, 0.1) is 0 Å². The van der Waals surface area contributed by atoms with Gasteiger partial charge in [0.1, 0.15) is 0 Å². The van der Waals surface area contributed by atoms with Gasteiger partial charge in [0.05, 0.1) is 0 Å². The van der Waals surface area contributed by atoms with E-state index >= 15 is 0 Å². The molecule has 0 aliphatic carbocycles. The zero-order valence-electron chi connectivity index (χ0n) is 17.4. The third kappa shape index (κ3) is 8.30. The van der Waals surface area contributed by atoms with Crippen LogP contribution in [0.3, 0.4) is 0 Å². The van der Waals surface area contributed by atoms with Crippen LogP contribution in [0.1, 0.15) is 40.0 Å². The van der Waals surface area contributed by atoms with E-state index in [1.807, 2.05) is 30.3 Å². The minimum atomic E-state index is -1.06. The first-order valence-electron chi connectivity index (χ1n) is 9.91. The van der Waals surface area contributed by atoms with Crippen molar-refractivity contribution in [2.45, 2.75) is 69.3 Å². The van der Waals surface area contributed by atoms with Crippen molar-refractivity contribution in [3.8, 4) is 0 Å². The molecule has 0 radical (unpaired) electrons. The molecule has 0 saturated heterocycles. The first-order chi connectivity index (χ1) is 14.2. The Morgan fingerprint density at radius 1 is 0.933 bits per heavy atom. The molecule has 1 N–H and O–H groups in total. The number of aliphatic hydroxyl groups is 1. The van der Waals surface area contributed by atoms with E-state index in [1.165, 1.54) is 6.08 Å². The third-order valence-corrected chi connectivity index (χ3v) is 7.04. The fourth-order valence-corrected chi connectivity index (χ4v) is 5.05. The Bertz CT molecular complexity index is 749. The van der Waals surface area contributed by atoms with Crippen molar-refractivity contribution in [1.82, 2.24) is 0 Å². The second kappa shape index (κ2) is 11.9. The van der Waals surface area contributed by atoms with Gasteiger partial charge in [0, 0.05) is 0 Å². The summed E-state index contributed by atoms with van der Waals surface area (Å²) in [5, 5.41) is 10.8. The number of ether oxygens (including phenoxy) is 3. The fourth-order valence-electron chi connectivity index (χ4n) is 2.90. The average Bonchev–Trinajstić information content (AvgIpc) is 2.65. The summed E-state index contributed by atoms with van der Waals surface area (Å²) in [4.78, 5) is 36.1. The molecule has 5 atom stereocenters. The molecule has 0 fully saturated rings. The minimum absolute atomic E-state index is 0.0839. The van der Waals surface area contributed by atoms with Crippen molar-refractivity contribution in [3.05, 3.63) is 42.5 Å². The molecule has 7 nitrogen and oxygen atoms in total. The van der Waals surface area contributed by atoms with Crippen LogP contribution in [-0.2, 0) is 28.6 Å². The quantitative estimate of drug-likeness (QED) is 0.388. The summed E-state index contributed by atoms with van der Waals surface area (Å²) < 4.78 is 17.0. The van der Waals surface area contributed by atoms with Crippen LogP contribution in [0.15, 0.2) is 42.5 Å². The molecule has 1 aromatic carbocycles. The number of esters is 3. The predicted octanol–water partition coefficient (Wildman–Crippen LogP) is 1.70. The van der Waals surface area contributed by atoms with Gasteiger partial charge in [-0.05, 0) is 0 Å². The Balaban J connectivity index is 2.21. The SMILES string of the molecule is C[C@H]1C[C@@H](O)[C@@H]([Se]c2ccccc2)C(=O)O[C@@H](C)CC(=O)O[C@@H](C)C/C=C/C(=O)O1. The van der Waals surface area contributed by atoms with Crippen molar-refractivity contribution in [2.75, 3.05) is 0 Å². The van der Waals surface area contributed by atoms with Crippen LogP contribution in [0.2, 0.25) is 4.82 Å². The van der Waals surface area contributed by atoms with Gasteiger partial charge in [-0.2, -0.15) is 0 Å². The van der Waals surface area contributed by atoms with Crippen LogP contribution >= 0.6 is 0 Å². The summed E-state index contributed by atoms with van der Waals surface area (Å²) in [7, 11) is 0. The van der Waals surface area contributed by atoms with Crippen LogP contribution in [0.25, 0.3) is 0 Å². The summed E-state index contributed by atoms with van der Waals surface area (Å²) in [6, 6.07) is 9.36. The van der Waals surface area contributed by atoms with Crippen molar-refractivity contribution in [3.63, 3.8) is 0 Å². The van der Waals surface area contributed by atoms with Gasteiger partial charge in [-0.3, -0.25) is 0 Å². The van der Waals surface area contributed by atoms with Gasteiger partial charge in [-0.15, -0.1) is 0 Å². The molecule has 0 bridgehead atoms. The standard InChI is InChI=1S/C22H28O7Se/c1-14-8-7-11-19(24)28-15(2)12-18(23)21(30-17-9-5-4-6-10-17)22(26)29-16(3)13-20(25)27-14/h4-7,9-11,14-16,18,21,23H,8,12-13H2,1-3H3/b11-7+/t14-,15-,16-,18+,21+/m0/s1. The van der Waals surface area contributed by atoms with E-state index in [9.17, 15) is 19.5 Å². The molecule has 8 heteroatoms. The first kappa shape index (κ1) is 24.1. The van der Waals surface area contributed by atoms with Crippen LogP contribution < -0.4 is 4.46 Å². The first-order valence-corrected chi connectivity index (χ1v) is 11.8. The maximum absolute atomic E-state index is 12.8. The molecule has 0 spiro atoms. The number of benzene rings is 1. The van der Waals surface area contributed by atoms with E-state index in [2.05, 4.69) is 0 Å². The van der Waals surface area contributed by atoms with Crippen LogP contribution in [0.5, 0.6) is 0 Å². The molecule has 0 amide bonds. The molecule has 0 unspecified atom stereocenters. The van der Waals surface area contributed by atoms with Gasteiger partial charge < -0.3 is 0 Å². The Kier molecular flexibility index (Phi) is 9.56. The topological polar surface area (TPSA) is 99.1 Å². The van der Waals surface area contributed by atoms with Gasteiger partial charge in [0.25, 0.3) is 0 Å². The number of hydrogen-bond acceptors (Lipinski definition) is 7. The van der Waals surface area contributed by atoms with E-state index in [1.54, 1.807) is 26.8 Å². The second-order valence-electron chi connectivity index (χ2n) is 7.29. The summed E-state index contributed by atoms with van der Waals surface area (Å²) in [5.74, 6) is -1.63. The number of carbonyl (C=O) groups is 3. The van der Waals surface area contributed by atoms with Crippen molar-refractivity contribution < 1.29 is 33.7 Å². The van der Waals surface area contributed by atoms with Crippen molar-refractivity contribution in [1.29, 1.82) is 0 Å². The number of hydrogen-bond donors (Lipinski definition) is 1. The Morgan fingerprint density at radius 3 is 2.33 bits per heavy atom. The second-order valence-corrected chi connectivity index (χ2v) is 9.84. The molecule has 30 heavy (non-hydrogen) atoms. The van der Waals surface area contributed by atoms with E-state index in [0.29, 0.717) is 6.42 Å². The van der Waals surface area contributed by atoms with Gasteiger partial charge in [-0.1, -0.05) is 0 Å². The predicted molar refractivity (Wildman–Crippen MR) is 111 cm³/mol. The zero-order valence-corrected chi connectivity index (χ0v) is 19.1. The third-order valence-electron chi connectivity index (χ3n) is 4.30. The molecule has 1 heterocycles. The van der Waals surface area contributed by atoms with E-state index < -0.39 is 62.1 Å². The maximum atomic E-state index is 12.8. The molecular weight excluding hydrogens is 455 g/mol. The molecule has 164 valence electrons. The summed E-state index contributed by atoms with van der Waals surface area (Å²) in [6.07, 6.45) is 0.481. The summed E-state index contributed by atoms with van der Waals surface area (Å²) >= 11 is -0.415. The van der Waals surface area contributed by atoms with Crippen LogP contribution in [-0.4, -0.2) is 62.4 Å². The molecular formula is C22H28O7Se. The fraction of sp³-hybridized carbons (Fsp3) is 0.500. The zero-order chi connectivity index (χ0) is 22.1. The summed E-state index contributed by atoms with van der Waals surface area (Å²) in [5.41, 5.74) is 0. The van der Waals surface area contributed by atoms with E-state index in [-0.39, 0.29) is 12.8 Å². The van der Waals surface area contributed by atoms with E-state index in [0.717, 1.165) is 4.46 Å². The monoisotopic (exact) mass is 484 g/mol. The molecule has 1 aromatic rings. The van der Waals surface area contributed by atoms with Crippen molar-refractivity contribution in [2.24, 2.45) is 0 Å². The van der Waals surface area contributed by atoms with E-state index in [4.69, 9.17) is 14.2 Å². The molecule has 2 rings (SSSR count). The molecule has 0 saturated carbocycles. The molecule has 1 aliphatic rings. The van der Waals surface area contributed by atoms with Gasteiger partial charge >= 0.3 is 183 Å². The number of carbonyl (C=O) groups excluding carboxylic acids is 3. The van der Waals surface area contributed by atoms with Gasteiger partial charge in [0.15, 0.2) is 0 Å². The number of rotatable bonds is 2. The average molecular weight is 483 g/mol. The Labute approximate surface area is 182 Å². The summed E-state index contributed by atoms with van der Waals surface area (Å²) in [6.45, 7) is 5.00.